The van der Waals surface area contributed by atoms with E-state index >= 15 is 0 Å². The molecule has 0 spiro atoms. The molecule has 1 heterocycles. The van der Waals surface area contributed by atoms with E-state index in [0.717, 1.165) is 5.56 Å². The molecular weight excluding hydrogens is 247 g/mol. The summed E-state index contributed by atoms with van der Waals surface area (Å²) in [5, 5.41) is 0.897. The monoisotopic (exact) mass is 254 g/mol. The molecule has 3 nitrogen and oxygen atoms in total. The molecule has 16 heavy (non-hydrogen) atoms. The van der Waals surface area contributed by atoms with E-state index < -0.39 is 0 Å². The Bertz CT molecular complexity index is 517. The molecule has 0 saturated heterocycles. The highest BCUT2D eigenvalue weighted by Crippen LogP contribution is 2.27. The van der Waals surface area contributed by atoms with E-state index in [4.69, 9.17) is 27.9 Å². The van der Waals surface area contributed by atoms with E-state index in [-0.39, 0.29) is 0 Å². The molecule has 0 aliphatic carbocycles. The Labute approximate surface area is 103 Å². The van der Waals surface area contributed by atoms with Crippen molar-refractivity contribution in [3.05, 3.63) is 40.5 Å². The molecule has 1 aromatic heterocycles. The Hall–Kier alpha value is -1.32. The van der Waals surface area contributed by atoms with Crippen LogP contribution in [-0.2, 0) is 0 Å². The topological polar surface area (TPSA) is 35.0 Å². The predicted octanol–water partition coefficient (Wildman–Crippen LogP) is 3.46. The minimum Gasteiger partial charge on any atom is -0.481 e. The molecule has 2 aromatic rings. The average Bonchev–Trinajstić information content (AvgIpc) is 2.28. The van der Waals surface area contributed by atoms with Gasteiger partial charge in [-0.1, -0.05) is 35.3 Å². The highest BCUT2D eigenvalue weighted by atomic mass is 35.5. The largest absolute Gasteiger partial charge is 0.481 e. The minimum atomic E-state index is 0.321. The van der Waals surface area contributed by atoms with Gasteiger partial charge in [0, 0.05) is 11.6 Å². The average molecular weight is 255 g/mol. The van der Waals surface area contributed by atoms with Crippen molar-refractivity contribution >= 4 is 23.2 Å². The summed E-state index contributed by atoms with van der Waals surface area (Å²) < 4.78 is 5.02. The maximum Gasteiger partial charge on any atom is 0.218 e. The third-order valence-corrected chi connectivity index (χ3v) is 2.52. The van der Waals surface area contributed by atoms with Crippen LogP contribution in [0.5, 0.6) is 5.88 Å². The van der Waals surface area contributed by atoms with E-state index in [9.17, 15) is 0 Å². The fraction of sp³-hybridized carbons (Fsp3) is 0.0909. The van der Waals surface area contributed by atoms with Gasteiger partial charge in [0.2, 0.25) is 5.88 Å². The molecule has 0 amide bonds. The van der Waals surface area contributed by atoms with Crippen LogP contribution in [0.25, 0.3) is 11.4 Å². The van der Waals surface area contributed by atoms with Gasteiger partial charge in [-0.2, -0.15) is 4.98 Å². The maximum absolute atomic E-state index is 6.04. The van der Waals surface area contributed by atoms with Crippen molar-refractivity contribution in [2.45, 2.75) is 0 Å². The number of hydrogen-bond acceptors (Lipinski definition) is 3. The fourth-order valence-electron chi connectivity index (χ4n) is 1.26. The first-order valence-corrected chi connectivity index (χ1v) is 5.30. The first-order chi connectivity index (χ1) is 7.70. The molecule has 0 fully saturated rings. The number of ether oxygens (including phenoxy) is 1. The summed E-state index contributed by atoms with van der Waals surface area (Å²) in [6.45, 7) is 0. The van der Waals surface area contributed by atoms with Gasteiger partial charge in [-0.05, 0) is 12.1 Å². The van der Waals surface area contributed by atoms with E-state index in [1.807, 2.05) is 18.2 Å². The smallest absolute Gasteiger partial charge is 0.218 e. The molecule has 2 rings (SSSR count). The molecule has 0 unspecified atom stereocenters. The van der Waals surface area contributed by atoms with Crippen molar-refractivity contribution in [1.29, 1.82) is 0 Å². The molecule has 0 bridgehead atoms. The molecule has 0 N–H and O–H groups in total. The first-order valence-electron chi connectivity index (χ1n) is 4.54. The summed E-state index contributed by atoms with van der Waals surface area (Å²) in [5.74, 6) is 0.866. The zero-order valence-electron chi connectivity index (χ0n) is 8.45. The number of aromatic nitrogens is 2. The molecule has 0 radical (unpaired) electrons. The molecule has 5 heteroatoms. The summed E-state index contributed by atoms with van der Waals surface area (Å²) in [5.41, 5.74) is 0.727. The van der Waals surface area contributed by atoms with Crippen LogP contribution < -0.4 is 4.74 Å². The highest BCUT2D eigenvalue weighted by Gasteiger charge is 2.08. The lowest BCUT2D eigenvalue weighted by atomic mass is 10.2. The summed E-state index contributed by atoms with van der Waals surface area (Å²) in [6.07, 6.45) is 0. The van der Waals surface area contributed by atoms with Crippen molar-refractivity contribution < 1.29 is 4.74 Å². The quantitative estimate of drug-likeness (QED) is 0.771. The van der Waals surface area contributed by atoms with Crippen LogP contribution in [0, 0.1) is 0 Å². The second kappa shape index (κ2) is 4.68. The molecule has 0 aliphatic heterocycles. The Morgan fingerprint density at radius 2 is 1.88 bits per heavy atom. The van der Waals surface area contributed by atoms with Gasteiger partial charge < -0.3 is 4.74 Å². The van der Waals surface area contributed by atoms with Crippen molar-refractivity contribution in [1.82, 2.24) is 9.97 Å². The summed E-state index contributed by atoms with van der Waals surface area (Å²) in [6, 6.07) is 8.84. The van der Waals surface area contributed by atoms with Crippen LogP contribution in [0.15, 0.2) is 30.3 Å². The van der Waals surface area contributed by atoms with Gasteiger partial charge >= 0.3 is 0 Å². The second-order valence-electron chi connectivity index (χ2n) is 3.04. The third kappa shape index (κ3) is 2.26. The van der Waals surface area contributed by atoms with E-state index in [1.165, 1.54) is 7.11 Å². The Kier molecular flexibility index (Phi) is 3.27. The number of halogens is 2. The fourth-order valence-corrected chi connectivity index (χ4v) is 1.66. The zero-order valence-corrected chi connectivity index (χ0v) is 9.96. The van der Waals surface area contributed by atoms with Crippen LogP contribution >= 0.6 is 23.2 Å². The van der Waals surface area contributed by atoms with Crippen LogP contribution in [0.4, 0.5) is 0 Å². The lowest BCUT2D eigenvalue weighted by Gasteiger charge is -2.05. The second-order valence-corrected chi connectivity index (χ2v) is 3.83. The molecule has 0 aliphatic rings. The SMILES string of the molecule is COc1cc(Cl)nc(-c2ccccc2Cl)n1. The Balaban J connectivity index is 2.56. The number of methoxy groups -OCH3 is 1. The standard InChI is InChI=1S/C11H8Cl2N2O/c1-16-10-6-9(13)14-11(15-10)7-4-2-3-5-8(7)12/h2-6H,1H3. The van der Waals surface area contributed by atoms with Gasteiger partial charge in [-0.3, -0.25) is 0 Å². The number of rotatable bonds is 2. The van der Waals surface area contributed by atoms with E-state index in [1.54, 1.807) is 12.1 Å². The zero-order chi connectivity index (χ0) is 11.5. The van der Waals surface area contributed by atoms with Crippen LogP contribution in [0.3, 0.4) is 0 Å². The van der Waals surface area contributed by atoms with Gasteiger partial charge in [-0.15, -0.1) is 0 Å². The molecule has 1 aromatic carbocycles. The van der Waals surface area contributed by atoms with E-state index in [2.05, 4.69) is 9.97 Å². The third-order valence-electron chi connectivity index (χ3n) is 2.00. The van der Waals surface area contributed by atoms with Gasteiger partial charge in [-0.25, -0.2) is 4.98 Å². The Morgan fingerprint density at radius 1 is 1.12 bits per heavy atom. The Morgan fingerprint density at radius 3 is 2.56 bits per heavy atom. The summed E-state index contributed by atoms with van der Waals surface area (Å²) in [4.78, 5) is 8.28. The van der Waals surface area contributed by atoms with Crippen LogP contribution in [0.2, 0.25) is 10.2 Å². The molecule has 0 saturated carbocycles. The van der Waals surface area contributed by atoms with E-state index in [0.29, 0.717) is 21.9 Å². The lowest BCUT2D eigenvalue weighted by Crippen LogP contribution is -1.94. The van der Waals surface area contributed by atoms with Crippen molar-refractivity contribution in [3.8, 4) is 17.3 Å². The maximum atomic E-state index is 6.04. The van der Waals surface area contributed by atoms with Crippen molar-refractivity contribution in [3.63, 3.8) is 0 Å². The molecular formula is C11H8Cl2N2O. The van der Waals surface area contributed by atoms with Gasteiger partial charge in [0.15, 0.2) is 5.82 Å². The van der Waals surface area contributed by atoms with Gasteiger partial charge in [0.1, 0.15) is 5.15 Å². The lowest BCUT2D eigenvalue weighted by molar-refractivity contribution is 0.397. The first kappa shape index (κ1) is 11.2. The molecule has 0 atom stereocenters. The highest BCUT2D eigenvalue weighted by molar-refractivity contribution is 6.33. The predicted molar refractivity (Wildman–Crippen MR) is 64.0 cm³/mol. The minimum absolute atomic E-state index is 0.321. The van der Waals surface area contributed by atoms with Crippen LogP contribution in [-0.4, -0.2) is 17.1 Å². The van der Waals surface area contributed by atoms with Crippen molar-refractivity contribution in [2.75, 3.05) is 7.11 Å². The van der Waals surface area contributed by atoms with Crippen molar-refractivity contribution in [2.24, 2.45) is 0 Å². The number of hydrogen-bond donors (Lipinski definition) is 0. The normalized spacial score (nSPS) is 10.2. The number of benzene rings is 1. The summed E-state index contributed by atoms with van der Waals surface area (Å²) in [7, 11) is 1.52. The van der Waals surface area contributed by atoms with Gasteiger partial charge in [0.25, 0.3) is 0 Å². The summed E-state index contributed by atoms with van der Waals surface area (Å²) >= 11 is 11.9. The molecule has 82 valence electrons. The van der Waals surface area contributed by atoms with Gasteiger partial charge in [0.05, 0.1) is 12.1 Å². The number of nitrogens with zero attached hydrogens (tertiary/aromatic N) is 2. The van der Waals surface area contributed by atoms with Crippen LogP contribution in [0.1, 0.15) is 0 Å².